The summed E-state index contributed by atoms with van der Waals surface area (Å²) in [7, 11) is 3.71. The van der Waals surface area contributed by atoms with E-state index in [9.17, 15) is 18.0 Å². The molecule has 0 saturated carbocycles. The maximum Gasteiger partial charge on any atom is 0.416 e. The maximum atomic E-state index is 15.6. The van der Waals surface area contributed by atoms with Crippen LogP contribution in [0.15, 0.2) is 76.6 Å². The Hall–Kier alpha value is -4.29. The van der Waals surface area contributed by atoms with E-state index in [1.807, 2.05) is 51.2 Å². The molecule has 12 heteroatoms. The maximum absolute atomic E-state index is 15.6. The van der Waals surface area contributed by atoms with Gasteiger partial charge in [0.2, 0.25) is 5.43 Å². The lowest BCUT2D eigenvalue weighted by atomic mass is 9.83. The molecule has 46 heavy (non-hydrogen) atoms. The number of aromatic nitrogens is 2. The normalized spacial score (nSPS) is 15.3. The van der Waals surface area contributed by atoms with Gasteiger partial charge in [-0.25, -0.2) is 24.7 Å². The number of nitrogens with one attached hydrogen (secondary N) is 1. The third-order valence-corrected chi connectivity index (χ3v) is 8.31. The molecule has 0 amide bonds. The molecule has 1 atom stereocenters. The Labute approximate surface area is 265 Å². The average Bonchev–Trinajstić information content (AvgIpc) is 3.53. The lowest BCUT2D eigenvalue weighted by molar-refractivity contribution is -0.137. The van der Waals surface area contributed by atoms with E-state index in [2.05, 4.69) is 22.3 Å². The third kappa shape index (κ3) is 6.92. The van der Waals surface area contributed by atoms with Crippen LogP contribution in [-0.4, -0.2) is 60.2 Å². The second kappa shape index (κ2) is 13.2. The minimum atomic E-state index is -4.48. The number of nitrogens with zero attached hydrogens (tertiary/aromatic N) is 5. The molecule has 244 valence electrons. The predicted molar refractivity (Wildman–Crippen MR) is 172 cm³/mol. The molecular weight excluding hydrogens is 600 g/mol. The minimum Gasteiger partial charge on any atom is -0.356 e. The van der Waals surface area contributed by atoms with E-state index in [1.165, 1.54) is 18.2 Å². The highest BCUT2D eigenvalue weighted by Gasteiger charge is 2.37. The quantitative estimate of drug-likeness (QED) is 0.204. The Morgan fingerprint density at radius 2 is 1.67 bits per heavy atom. The van der Waals surface area contributed by atoms with Crippen LogP contribution in [0.3, 0.4) is 0 Å². The summed E-state index contributed by atoms with van der Waals surface area (Å²) >= 11 is 0. The van der Waals surface area contributed by atoms with Gasteiger partial charge in [0.25, 0.3) is 0 Å². The van der Waals surface area contributed by atoms with E-state index >= 15 is 4.39 Å². The molecule has 8 nitrogen and oxygen atoms in total. The Morgan fingerprint density at radius 3 is 2.33 bits per heavy atom. The van der Waals surface area contributed by atoms with Crippen molar-refractivity contribution < 1.29 is 22.4 Å². The van der Waals surface area contributed by atoms with Gasteiger partial charge in [-0.15, -0.1) is 0 Å². The van der Waals surface area contributed by atoms with Crippen molar-refractivity contribution in [2.75, 3.05) is 38.6 Å². The number of pyridine rings is 2. The molecule has 0 radical (unpaired) electrons. The molecule has 2 aromatic carbocycles. The fraction of sp³-hybridized carbons (Fsp3) is 0.382. The topological polar surface area (TPSA) is 75.0 Å². The lowest BCUT2D eigenvalue weighted by Crippen LogP contribution is -2.34. The highest BCUT2D eigenvalue weighted by atomic mass is 19.4. The Bertz CT molecular complexity index is 1770. The van der Waals surface area contributed by atoms with Crippen molar-refractivity contribution in [1.82, 2.24) is 19.9 Å². The number of amidine groups is 1. The van der Waals surface area contributed by atoms with E-state index in [-0.39, 0.29) is 34.8 Å². The number of halogens is 4. The minimum absolute atomic E-state index is 0.0115. The molecule has 1 N–H and O–H groups in total. The van der Waals surface area contributed by atoms with E-state index in [1.54, 1.807) is 22.7 Å². The Balaban J connectivity index is 1.58. The molecule has 0 fully saturated rings. The van der Waals surface area contributed by atoms with Crippen LogP contribution in [0.2, 0.25) is 0 Å². The van der Waals surface area contributed by atoms with Crippen LogP contribution in [0.1, 0.15) is 49.4 Å². The van der Waals surface area contributed by atoms with E-state index in [0.717, 1.165) is 30.7 Å². The molecule has 3 heterocycles. The lowest BCUT2D eigenvalue weighted by Gasteiger charge is -2.28. The van der Waals surface area contributed by atoms with Crippen LogP contribution in [0.25, 0.3) is 11.0 Å². The van der Waals surface area contributed by atoms with Crippen molar-refractivity contribution in [2.45, 2.75) is 51.6 Å². The van der Waals surface area contributed by atoms with Gasteiger partial charge in [0.15, 0.2) is 23.7 Å². The first-order chi connectivity index (χ1) is 21.8. The molecule has 4 aromatic rings. The average molecular weight is 639 g/mol. The number of likely N-dealkylation sites (N-methyl/N-ethyl adjacent to an activating group) is 2. The molecule has 1 unspecified atom stereocenters. The fourth-order valence-electron chi connectivity index (χ4n) is 5.47. The first-order valence-corrected chi connectivity index (χ1v) is 15.1. The number of hydrogen-bond donors (Lipinski definition) is 1. The van der Waals surface area contributed by atoms with Gasteiger partial charge in [0.05, 0.1) is 16.5 Å². The zero-order valence-corrected chi connectivity index (χ0v) is 26.5. The summed E-state index contributed by atoms with van der Waals surface area (Å²) in [5, 5.41) is 0.0115. The molecule has 0 saturated heterocycles. The monoisotopic (exact) mass is 638 g/mol. The molecule has 5 rings (SSSR count). The number of hydrogen-bond acceptors (Lipinski definition) is 7. The molecule has 0 aliphatic carbocycles. The van der Waals surface area contributed by atoms with Crippen LogP contribution in [-0.2, 0) is 23.0 Å². The smallest absolute Gasteiger partial charge is 0.356 e. The number of aliphatic imine (C=N–C) groups is 1. The van der Waals surface area contributed by atoms with Crippen LogP contribution in [0.4, 0.5) is 23.4 Å². The molecular formula is C34H38F4N6O2. The zero-order chi connectivity index (χ0) is 33.2. The second-order valence-corrected chi connectivity index (χ2v) is 12.2. The van der Waals surface area contributed by atoms with Gasteiger partial charge in [-0.3, -0.25) is 4.79 Å². The Kier molecular flexibility index (Phi) is 9.50. The van der Waals surface area contributed by atoms with Crippen molar-refractivity contribution >= 4 is 22.7 Å². The van der Waals surface area contributed by atoms with Gasteiger partial charge in [0, 0.05) is 38.3 Å². The largest absolute Gasteiger partial charge is 0.416 e. The van der Waals surface area contributed by atoms with Gasteiger partial charge in [0.1, 0.15) is 5.65 Å². The van der Waals surface area contributed by atoms with E-state index < -0.39 is 34.6 Å². The van der Waals surface area contributed by atoms with Gasteiger partial charge >= 0.3 is 6.18 Å². The fourth-order valence-corrected chi connectivity index (χ4v) is 5.47. The summed E-state index contributed by atoms with van der Waals surface area (Å²) in [6, 6.07) is 15.6. The highest BCUT2D eigenvalue weighted by Crippen LogP contribution is 2.32. The summed E-state index contributed by atoms with van der Waals surface area (Å²) < 4.78 is 57.0. The number of rotatable bonds is 11. The van der Waals surface area contributed by atoms with Crippen molar-refractivity contribution in [3.63, 3.8) is 0 Å². The summed E-state index contributed by atoms with van der Waals surface area (Å²) in [5.41, 5.74) is 2.77. The van der Waals surface area contributed by atoms with Gasteiger partial charge in [-0.05, 0) is 49.3 Å². The van der Waals surface area contributed by atoms with E-state index in [4.69, 9.17) is 9.83 Å². The second-order valence-electron chi connectivity index (χ2n) is 12.2. The van der Waals surface area contributed by atoms with Crippen molar-refractivity contribution in [1.29, 1.82) is 0 Å². The van der Waals surface area contributed by atoms with Crippen molar-refractivity contribution in [3.05, 3.63) is 105 Å². The molecule has 0 bridgehead atoms. The van der Waals surface area contributed by atoms with Gasteiger partial charge in [-0.1, -0.05) is 63.2 Å². The van der Waals surface area contributed by atoms with Gasteiger partial charge < -0.3 is 14.4 Å². The van der Waals surface area contributed by atoms with Crippen LogP contribution < -0.4 is 15.8 Å². The standard InChI is InChI=1S/C34H38F4N6O2/c1-6-16-42(4)17-18-43(5)31-27(35)19-25-28(45)26(29-39-32(46-41-29)33(2,3)23-10-8-7-9-11-23)21-44(30(25)40-31)20-22-12-14-24(15-13-22)34(36,37)38/h7-15,19,21,32H,6,16-18,20H2,1-5H3,(H,39,41). The number of anilines is 1. The third-order valence-electron chi connectivity index (χ3n) is 8.31. The molecule has 1 aliphatic rings. The SMILES string of the molecule is CCCN(C)CCN(C)c1nc2c(cc1F)c(=O)c(C1=NC(C(C)(C)c3ccccc3)ON1)cn2Cc1ccc(C(F)(F)F)cc1. The molecule has 1 aliphatic heterocycles. The molecule has 0 spiro atoms. The highest BCUT2D eigenvalue weighted by molar-refractivity contribution is 6.01. The predicted octanol–water partition coefficient (Wildman–Crippen LogP) is 5.97. The summed E-state index contributed by atoms with van der Waals surface area (Å²) in [4.78, 5) is 32.8. The summed E-state index contributed by atoms with van der Waals surface area (Å²) in [5.74, 6) is -0.429. The number of alkyl halides is 3. The number of hydroxylamine groups is 1. The Morgan fingerprint density at radius 1 is 0.978 bits per heavy atom. The van der Waals surface area contributed by atoms with Crippen LogP contribution in [0, 0.1) is 5.82 Å². The van der Waals surface area contributed by atoms with Crippen LogP contribution >= 0.6 is 0 Å². The van der Waals surface area contributed by atoms with Gasteiger partial charge in [-0.2, -0.15) is 13.2 Å². The summed E-state index contributed by atoms with van der Waals surface area (Å²) in [6.45, 7) is 8.15. The van der Waals surface area contributed by atoms with Crippen LogP contribution in [0.5, 0.6) is 0 Å². The number of fused-ring (bicyclic) bond motifs is 1. The first kappa shape index (κ1) is 33.1. The van der Waals surface area contributed by atoms with Crippen molar-refractivity contribution in [3.8, 4) is 0 Å². The van der Waals surface area contributed by atoms with E-state index in [0.29, 0.717) is 18.7 Å². The molecule has 2 aromatic heterocycles. The zero-order valence-electron chi connectivity index (χ0n) is 26.5. The summed E-state index contributed by atoms with van der Waals surface area (Å²) in [6.07, 6.45) is -2.63. The number of benzene rings is 2. The van der Waals surface area contributed by atoms with Crippen molar-refractivity contribution in [2.24, 2.45) is 4.99 Å². The first-order valence-electron chi connectivity index (χ1n) is 15.1.